The van der Waals surface area contributed by atoms with Gasteiger partial charge in [0, 0.05) is 37.0 Å². The van der Waals surface area contributed by atoms with Crippen molar-refractivity contribution >= 4 is 17.2 Å². The Balaban J connectivity index is 1.97. The average Bonchev–Trinajstić information content (AvgIpc) is 2.63. The Morgan fingerprint density at radius 3 is 2.78 bits per heavy atom. The summed E-state index contributed by atoms with van der Waals surface area (Å²) in [5, 5.41) is 4.71. The number of likely N-dealkylation sites (N-methyl/N-ethyl adjacent to an activating group) is 1. The number of aromatic nitrogens is 1. The van der Waals surface area contributed by atoms with E-state index in [1.165, 1.54) is 4.88 Å². The van der Waals surface area contributed by atoms with E-state index >= 15 is 0 Å². The number of amides is 1. The Bertz CT molecular complexity index is 443. The van der Waals surface area contributed by atoms with E-state index in [1.807, 2.05) is 18.9 Å². The van der Waals surface area contributed by atoms with Gasteiger partial charge in [0.05, 0.1) is 10.7 Å². The molecule has 0 spiro atoms. The number of nitrogens with zero attached hydrogens (tertiary/aromatic N) is 2. The molecule has 1 saturated heterocycles. The summed E-state index contributed by atoms with van der Waals surface area (Å²) in [6, 6.07) is 0.630. The van der Waals surface area contributed by atoms with Crippen LogP contribution in [0.4, 0.5) is 0 Å². The highest BCUT2D eigenvalue weighted by molar-refractivity contribution is 7.11. The minimum Gasteiger partial charge on any atom is -0.344 e. The number of hydrogen-bond donors (Lipinski definition) is 1. The molecule has 2 heterocycles. The summed E-state index contributed by atoms with van der Waals surface area (Å²) in [5.41, 5.74) is 1.15. The maximum absolute atomic E-state index is 11.4. The summed E-state index contributed by atoms with van der Waals surface area (Å²) < 4.78 is 0. The zero-order valence-electron chi connectivity index (χ0n) is 11.5. The van der Waals surface area contributed by atoms with Crippen molar-refractivity contribution in [1.82, 2.24) is 15.2 Å². The van der Waals surface area contributed by atoms with Crippen LogP contribution >= 0.6 is 11.3 Å². The third-order valence-corrected chi connectivity index (χ3v) is 4.36. The lowest BCUT2D eigenvalue weighted by molar-refractivity contribution is -0.132. The zero-order chi connectivity index (χ0) is 13.3. The smallest absolute Gasteiger partial charge is 0.222 e. The molecule has 0 aliphatic carbocycles. The molecule has 0 saturated carbocycles. The number of hydrogen-bond acceptors (Lipinski definition) is 4. The molecule has 18 heavy (non-hydrogen) atoms. The second-order valence-electron chi connectivity index (χ2n) is 5.07. The van der Waals surface area contributed by atoms with Crippen molar-refractivity contribution in [3.63, 3.8) is 0 Å². The summed E-state index contributed by atoms with van der Waals surface area (Å²) in [4.78, 5) is 19.1. The quantitative estimate of drug-likeness (QED) is 0.911. The summed E-state index contributed by atoms with van der Waals surface area (Å²) >= 11 is 1.74. The van der Waals surface area contributed by atoms with Crippen molar-refractivity contribution in [2.45, 2.75) is 45.7 Å². The van der Waals surface area contributed by atoms with E-state index in [0.29, 0.717) is 12.5 Å². The van der Waals surface area contributed by atoms with Gasteiger partial charge in [-0.25, -0.2) is 4.98 Å². The minimum atomic E-state index is 0.251. The second-order valence-corrected chi connectivity index (χ2v) is 6.48. The van der Waals surface area contributed by atoms with Gasteiger partial charge in [0.2, 0.25) is 5.91 Å². The fourth-order valence-corrected chi connectivity index (χ4v) is 3.44. The summed E-state index contributed by atoms with van der Waals surface area (Å²) in [6.45, 7) is 7.11. The fourth-order valence-electron chi connectivity index (χ4n) is 2.53. The first-order valence-corrected chi connectivity index (χ1v) is 7.23. The minimum absolute atomic E-state index is 0.251. The topological polar surface area (TPSA) is 45.2 Å². The van der Waals surface area contributed by atoms with Crippen molar-refractivity contribution in [3.05, 3.63) is 15.6 Å². The lowest BCUT2D eigenvalue weighted by Gasteiger charge is -2.32. The van der Waals surface area contributed by atoms with Gasteiger partial charge in [-0.3, -0.25) is 4.79 Å². The molecule has 5 heteroatoms. The van der Waals surface area contributed by atoms with Gasteiger partial charge in [-0.1, -0.05) is 0 Å². The Kier molecular flexibility index (Phi) is 4.02. The summed E-state index contributed by atoms with van der Waals surface area (Å²) in [5.74, 6) is 0.251. The standard InChI is InChI=1S/C13H21N3OS/c1-8(13-9(2)18-10(3)15-13)14-11-5-6-12(17)16(4)7-11/h8,11,14H,5-7H2,1-4H3. The van der Waals surface area contributed by atoms with E-state index in [0.717, 1.165) is 23.7 Å². The van der Waals surface area contributed by atoms with E-state index in [2.05, 4.69) is 24.1 Å². The second kappa shape index (κ2) is 5.36. The van der Waals surface area contributed by atoms with E-state index in [-0.39, 0.29) is 11.9 Å². The molecule has 1 aliphatic rings. The first-order valence-electron chi connectivity index (χ1n) is 6.41. The molecule has 2 rings (SSSR count). The molecular formula is C13H21N3OS. The molecule has 100 valence electrons. The Labute approximate surface area is 112 Å². The third-order valence-electron chi connectivity index (χ3n) is 3.46. The zero-order valence-corrected chi connectivity index (χ0v) is 12.3. The molecule has 0 radical (unpaired) electrons. The highest BCUT2D eigenvalue weighted by Gasteiger charge is 2.25. The summed E-state index contributed by atoms with van der Waals surface area (Å²) in [6.07, 6.45) is 1.58. The molecule has 2 atom stereocenters. The number of carbonyl (C=O) groups excluding carboxylic acids is 1. The van der Waals surface area contributed by atoms with Crippen LogP contribution in [0.2, 0.25) is 0 Å². The highest BCUT2D eigenvalue weighted by atomic mass is 32.1. The van der Waals surface area contributed by atoms with Crippen LogP contribution in [-0.2, 0) is 4.79 Å². The number of piperidine rings is 1. The maximum Gasteiger partial charge on any atom is 0.222 e. The molecular weight excluding hydrogens is 246 g/mol. The van der Waals surface area contributed by atoms with Crippen LogP contribution in [0, 0.1) is 13.8 Å². The van der Waals surface area contributed by atoms with E-state index in [1.54, 1.807) is 11.3 Å². The van der Waals surface area contributed by atoms with Crippen LogP contribution < -0.4 is 5.32 Å². The lowest BCUT2D eigenvalue weighted by atomic mass is 10.0. The van der Waals surface area contributed by atoms with Crippen LogP contribution in [0.3, 0.4) is 0 Å². The molecule has 1 fully saturated rings. The first kappa shape index (κ1) is 13.5. The molecule has 2 unspecified atom stereocenters. The largest absolute Gasteiger partial charge is 0.344 e. The fraction of sp³-hybridized carbons (Fsp3) is 0.692. The van der Waals surface area contributed by atoms with Crippen LogP contribution in [0.5, 0.6) is 0 Å². The van der Waals surface area contributed by atoms with Gasteiger partial charge < -0.3 is 10.2 Å². The van der Waals surface area contributed by atoms with Gasteiger partial charge in [0.15, 0.2) is 0 Å². The van der Waals surface area contributed by atoms with E-state index < -0.39 is 0 Å². The molecule has 0 bridgehead atoms. The molecule has 1 aromatic rings. The number of nitrogens with one attached hydrogen (secondary N) is 1. The number of aryl methyl sites for hydroxylation is 2. The molecule has 1 aliphatic heterocycles. The third kappa shape index (κ3) is 2.90. The lowest BCUT2D eigenvalue weighted by Crippen LogP contribution is -2.47. The predicted molar refractivity (Wildman–Crippen MR) is 73.8 cm³/mol. The first-order chi connectivity index (χ1) is 8.47. The number of carbonyl (C=O) groups is 1. The normalized spacial score (nSPS) is 22.3. The molecule has 1 N–H and O–H groups in total. The Morgan fingerprint density at radius 2 is 2.22 bits per heavy atom. The SMILES string of the molecule is Cc1nc(C(C)NC2CCC(=O)N(C)C2)c(C)s1. The van der Waals surface area contributed by atoms with Crippen molar-refractivity contribution in [2.75, 3.05) is 13.6 Å². The van der Waals surface area contributed by atoms with Crippen molar-refractivity contribution in [2.24, 2.45) is 0 Å². The average molecular weight is 267 g/mol. The monoisotopic (exact) mass is 267 g/mol. The van der Waals surface area contributed by atoms with Gasteiger partial charge in [0.1, 0.15) is 0 Å². The van der Waals surface area contributed by atoms with Crippen LogP contribution in [0.15, 0.2) is 0 Å². The number of likely N-dealkylation sites (tertiary alicyclic amines) is 1. The summed E-state index contributed by atoms with van der Waals surface area (Å²) in [7, 11) is 1.87. The van der Waals surface area contributed by atoms with E-state index in [4.69, 9.17) is 0 Å². The van der Waals surface area contributed by atoms with Gasteiger partial charge in [-0.15, -0.1) is 11.3 Å². The van der Waals surface area contributed by atoms with Crippen molar-refractivity contribution < 1.29 is 4.79 Å². The molecule has 4 nitrogen and oxygen atoms in total. The van der Waals surface area contributed by atoms with Gasteiger partial charge in [-0.05, 0) is 27.2 Å². The highest BCUT2D eigenvalue weighted by Crippen LogP contribution is 2.23. The van der Waals surface area contributed by atoms with Crippen molar-refractivity contribution in [3.8, 4) is 0 Å². The Morgan fingerprint density at radius 1 is 1.50 bits per heavy atom. The maximum atomic E-state index is 11.4. The van der Waals surface area contributed by atoms with Crippen LogP contribution in [0.25, 0.3) is 0 Å². The van der Waals surface area contributed by atoms with E-state index in [9.17, 15) is 4.79 Å². The Hall–Kier alpha value is -0.940. The van der Waals surface area contributed by atoms with Crippen LogP contribution in [0.1, 0.15) is 41.4 Å². The molecule has 1 amide bonds. The van der Waals surface area contributed by atoms with Gasteiger partial charge in [0.25, 0.3) is 0 Å². The molecule has 1 aromatic heterocycles. The van der Waals surface area contributed by atoms with Gasteiger partial charge in [-0.2, -0.15) is 0 Å². The van der Waals surface area contributed by atoms with Crippen LogP contribution in [-0.4, -0.2) is 35.4 Å². The van der Waals surface area contributed by atoms with Crippen molar-refractivity contribution in [1.29, 1.82) is 0 Å². The predicted octanol–water partition coefficient (Wildman–Crippen LogP) is 2.03. The number of thiazole rings is 1. The number of rotatable bonds is 3. The molecule has 0 aromatic carbocycles. The van der Waals surface area contributed by atoms with Gasteiger partial charge >= 0.3 is 0 Å².